The summed E-state index contributed by atoms with van der Waals surface area (Å²) in [7, 11) is 1.57. The van der Waals surface area contributed by atoms with Crippen LogP contribution in [-0.4, -0.2) is 70.8 Å². The molecule has 0 saturated carbocycles. The topological polar surface area (TPSA) is 111 Å². The number of nitrogens with one attached hydrogen (secondary N) is 1. The van der Waals surface area contributed by atoms with E-state index in [-0.39, 0.29) is 35.5 Å². The quantitative estimate of drug-likeness (QED) is 0.521. The van der Waals surface area contributed by atoms with Crippen molar-refractivity contribution in [1.82, 2.24) is 9.97 Å². The molecule has 8 nitrogen and oxygen atoms in total. The van der Waals surface area contributed by atoms with E-state index >= 15 is 0 Å². The van der Waals surface area contributed by atoms with Gasteiger partial charge in [0.1, 0.15) is 11.6 Å². The summed E-state index contributed by atoms with van der Waals surface area (Å²) in [4.78, 5) is 22.7. The van der Waals surface area contributed by atoms with Crippen LogP contribution in [0, 0.1) is 17.2 Å². The summed E-state index contributed by atoms with van der Waals surface area (Å²) in [6, 6.07) is 13.0. The Labute approximate surface area is 218 Å². The molecule has 10 heteroatoms. The standard InChI is InChI=1S/C23H22ClN5O3.Na.H/c1-32-20-5-3-15(11-18(20)24)13-26-21-17-10-14(12-25)2-4-19(17)27-23(28-21)29-8-6-16(7-9-29)22(30)31;;/h2-5,10-11,16H,6-9,13H2,1H3,(H,30,31)(H,26,27,28);;. The molecule has 2 N–H and O–H groups in total. The van der Waals surface area contributed by atoms with Crippen molar-refractivity contribution in [2.24, 2.45) is 5.92 Å². The maximum absolute atomic E-state index is 11.3. The number of nitrogens with zero attached hydrogens (tertiary/aromatic N) is 4. The number of hydrogen-bond acceptors (Lipinski definition) is 7. The number of hydrogen-bond donors (Lipinski definition) is 2. The average molecular weight is 476 g/mol. The SMILES string of the molecule is COc1ccc(CNc2nc(N3CCC(C(=O)O)CC3)nc3ccc(C#N)cc23)cc1Cl.[NaH]. The molecule has 33 heavy (non-hydrogen) atoms. The van der Waals surface area contributed by atoms with E-state index in [0.717, 1.165) is 10.9 Å². The minimum absolute atomic E-state index is 0. The van der Waals surface area contributed by atoms with Crippen molar-refractivity contribution in [3.8, 4) is 11.8 Å². The maximum atomic E-state index is 11.3. The molecule has 0 spiro atoms. The van der Waals surface area contributed by atoms with Crippen molar-refractivity contribution in [2.75, 3.05) is 30.4 Å². The van der Waals surface area contributed by atoms with Crippen molar-refractivity contribution < 1.29 is 14.6 Å². The number of nitriles is 1. The van der Waals surface area contributed by atoms with Crippen LogP contribution >= 0.6 is 11.6 Å². The number of carboxylic acid groups (broad SMARTS) is 1. The molecule has 0 radical (unpaired) electrons. The Morgan fingerprint density at radius 3 is 2.67 bits per heavy atom. The van der Waals surface area contributed by atoms with Gasteiger partial charge in [-0.2, -0.15) is 10.2 Å². The number of aliphatic carboxylic acids is 1. The van der Waals surface area contributed by atoms with Gasteiger partial charge in [0.2, 0.25) is 5.95 Å². The van der Waals surface area contributed by atoms with Crippen LogP contribution in [0.1, 0.15) is 24.0 Å². The summed E-state index contributed by atoms with van der Waals surface area (Å²) < 4.78 is 5.21. The van der Waals surface area contributed by atoms with Crippen LogP contribution in [0.2, 0.25) is 5.02 Å². The molecule has 2 aromatic carbocycles. The Balaban J connectivity index is 0.00000306. The minimum atomic E-state index is -0.756. The second-order valence-electron chi connectivity index (χ2n) is 7.64. The van der Waals surface area contributed by atoms with E-state index in [0.29, 0.717) is 66.1 Å². The Kier molecular flexibility index (Phi) is 8.38. The van der Waals surface area contributed by atoms with E-state index in [4.69, 9.17) is 21.3 Å². The number of anilines is 2. The molecule has 166 valence electrons. The number of piperidine rings is 1. The van der Waals surface area contributed by atoms with Crippen molar-refractivity contribution >= 4 is 69.8 Å². The molecule has 1 aromatic heterocycles. The fraction of sp³-hybridized carbons (Fsp3) is 0.304. The van der Waals surface area contributed by atoms with Crippen LogP contribution in [0.4, 0.5) is 11.8 Å². The molecule has 0 bridgehead atoms. The fourth-order valence-electron chi connectivity index (χ4n) is 3.79. The zero-order chi connectivity index (χ0) is 22.7. The first-order valence-electron chi connectivity index (χ1n) is 10.2. The van der Waals surface area contributed by atoms with Gasteiger partial charge in [0, 0.05) is 25.0 Å². The van der Waals surface area contributed by atoms with Gasteiger partial charge < -0.3 is 20.1 Å². The van der Waals surface area contributed by atoms with Gasteiger partial charge in [0.25, 0.3) is 0 Å². The van der Waals surface area contributed by atoms with E-state index in [1.165, 1.54) is 0 Å². The van der Waals surface area contributed by atoms with Crippen LogP contribution in [0.3, 0.4) is 0 Å². The summed E-state index contributed by atoms with van der Waals surface area (Å²) in [6.45, 7) is 1.62. The van der Waals surface area contributed by atoms with E-state index in [1.807, 2.05) is 23.1 Å². The van der Waals surface area contributed by atoms with Crippen molar-refractivity contribution in [1.29, 1.82) is 5.26 Å². The second kappa shape index (κ2) is 11.0. The van der Waals surface area contributed by atoms with Gasteiger partial charge in [-0.15, -0.1) is 0 Å². The monoisotopic (exact) mass is 475 g/mol. The number of fused-ring (bicyclic) bond motifs is 1. The zero-order valence-electron chi connectivity index (χ0n) is 17.5. The van der Waals surface area contributed by atoms with Crippen LogP contribution in [0.15, 0.2) is 36.4 Å². The number of carbonyl (C=O) groups is 1. The van der Waals surface area contributed by atoms with Crippen molar-refractivity contribution in [3.63, 3.8) is 0 Å². The Bertz CT molecular complexity index is 1210. The second-order valence-corrected chi connectivity index (χ2v) is 8.05. The van der Waals surface area contributed by atoms with Crippen LogP contribution in [0.5, 0.6) is 5.75 Å². The van der Waals surface area contributed by atoms with Gasteiger partial charge in [-0.25, -0.2) is 4.98 Å². The molecule has 0 atom stereocenters. The molecule has 1 saturated heterocycles. The number of methoxy groups -OCH3 is 1. The number of ether oxygens (including phenoxy) is 1. The molecule has 4 rings (SSSR count). The van der Waals surface area contributed by atoms with Crippen LogP contribution in [0.25, 0.3) is 10.9 Å². The molecule has 1 aliphatic heterocycles. The molecule has 1 fully saturated rings. The Morgan fingerprint density at radius 1 is 1.27 bits per heavy atom. The third-order valence-electron chi connectivity index (χ3n) is 5.62. The van der Waals surface area contributed by atoms with Crippen molar-refractivity contribution in [2.45, 2.75) is 19.4 Å². The van der Waals surface area contributed by atoms with Crippen LogP contribution in [-0.2, 0) is 11.3 Å². The number of halogens is 1. The Hall–Kier alpha value is -2.57. The first-order valence-corrected chi connectivity index (χ1v) is 10.6. The zero-order valence-corrected chi connectivity index (χ0v) is 18.3. The molecule has 0 unspecified atom stereocenters. The molecular weight excluding hydrogens is 453 g/mol. The summed E-state index contributed by atoms with van der Waals surface area (Å²) in [5.41, 5.74) is 2.18. The molecule has 2 heterocycles. The third kappa shape index (κ3) is 5.68. The van der Waals surface area contributed by atoms with Crippen LogP contribution < -0.4 is 15.0 Å². The summed E-state index contributed by atoms with van der Waals surface area (Å²) >= 11 is 6.24. The normalized spacial score (nSPS) is 13.8. The van der Waals surface area contributed by atoms with Crippen molar-refractivity contribution in [3.05, 3.63) is 52.5 Å². The molecular formula is C23H23ClN5NaO3. The predicted molar refractivity (Wildman–Crippen MR) is 129 cm³/mol. The number of benzene rings is 2. The predicted octanol–water partition coefficient (Wildman–Crippen LogP) is 3.43. The first-order chi connectivity index (χ1) is 15.5. The first kappa shape index (κ1) is 25.1. The summed E-state index contributed by atoms with van der Waals surface area (Å²) in [5, 5.41) is 23.2. The molecule has 0 aliphatic carbocycles. The summed E-state index contributed by atoms with van der Waals surface area (Å²) in [6.07, 6.45) is 1.11. The number of rotatable bonds is 6. The van der Waals surface area contributed by atoms with E-state index < -0.39 is 5.97 Å². The van der Waals surface area contributed by atoms with E-state index in [1.54, 1.807) is 25.3 Å². The molecule has 3 aromatic rings. The van der Waals surface area contributed by atoms with Gasteiger partial charge in [-0.3, -0.25) is 4.79 Å². The summed E-state index contributed by atoms with van der Waals surface area (Å²) in [5.74, 6) is 0.667. The number of carboxylic acids is 1. The van der Waals surface area contributed by atoms with E-state index in [9.17, 15) is 15.2 Å². The van der Waals surface area contributed by atoms with Gasteiger partial charge in [-0.1, -0.05) is 17.7 Å². The van der Waals surface area contributed by atoms with Gasteiger partial charge >= 0.3 is 35.5 Å². The Morgan fingerprint density at radius 2 is 2.03 bits per heavy atom. The van der Waals surface area contributed by atoms with E-state index in [2.05, 4.69) is 16.4 Å². The van der Waals surface area contributed by atoms with Gasteiger partial charge in [0.05, 0.1) is 35.2 Å². The fourth-order valence-corrected chi connectivity index (χ4v) is 4.07. The average Bonchev–Trinajstić information content (AvgIpc) is 2.82. The van der Waals surface area contributed by atoms with Gasteiger partial charge in [-0.05, 0) is 48.7 Å². The third-order valence-corrected chi connectivity index (χ3v) is 5.91. The van der Waals surface area contributed by atoms with Gasteiger partial charge in [0.15, 0.2) is 0 Å². The number of aromatic nitrogens is 2. The molecule has 1 aliphatic rings. The molecule has 0 amide bonds.